The molecular weight excluding hydrogens is 404 g/mol. The number of nitrogens with one attached hydrogen (secondary N) is 1. The minimum atomic E-state index is 0.0162. The molecule has 0 bridgehead atoms. The molecule has 5 rings (SSSR count). The number of pyridine rings is 1. The van der Waals surface area contributed by atoms with Crippen LogP contribution in [0.4, 0.5) is 0 Å². The maximum Gasteiger partial charge on any atom is 0.170 e. The second kappa shape index (κ2) is 8.71. The molecule has 0 radical (unpaired) electrons. The number of nitrogens with zero attached hydrogens (tertiary/aromatic N) is 3. The van der Waals surface area contributed by atoms with Crippen LogP contribution >= 0.6 is 12.2 Å². The SMILES string of the molecule is COc1ccc(-n2cccc2[C@@H]2[C@@H](c3ccccn3)NC(=S)N2C2CCCCC2)cc1. The van der Waals surface area contributed by atoms with Gasteiger partial charge in [0.15, 0.2) is 5.11 Å². The summed E-state index contributed by atoms with van der Waals surface area (Å²) in [5.74, 6) is 0.858. The lowest BCUT2D eigenvalue weighted by Gasteiger charge is -2.37. The fourth-order valence-corrected chi connectivity index (χ4v) is 5.44. The smallest absolute Gasteiger partial charge is 0.170 e. The largest absolute Gasteiger partial charge is 0.497 e. The summed E-state index contributed by atoms with van der Waals surface area (Å²) in [6.45, 7) is 0. The van der Waals surface area contributed by atoms with Gasteiger partial charge in [0.1, 0.15) is 5.75 Å². The zero-order valence-corrected chi connectivity index (χ0v) is 18.6. The van der Waals surface area contributed by atoms with Crippen LogP contribution in [0.2, 0.25) is 0 Å². The highest BCUT2D eigenvalue weighted by Gasteiger charge is 2.44. The third kappa shape index (κ3) is 3.81. The Morgan fingerprint density at radius 3 is 2.52 bits per heavy atom. The molecule has 1 saturated heterocycles. The number of benzene rings is 1. The van der Waals surface area contributed by atoms with E-state index in [2.05, 4.69) is 62.4 Å². The van der Waals surface area contributed by atoms with Gasteiger partial charge in [-0.15, -0.1) is 0 Å². The number of ether oxygens (including phenoxy) is 1. The molecule has 2 fully saturated rings. The number of aromatic nitrogens is 2. The molecule has 0 unspecified atom stereocenters. The van der Waals surface area contributed by atoms with Gasteiger partial charge in [0, 0.05) is 29.8 Å². The van der Waals surface area contributed by atoms with E-state index in [0.717, 1.165) is 22.2 Å². The van der Waals surface area contributed by atoms with Crippen molar-refractivity contribution in [3.8, 4) is 11.4 Å². The Labute approximate surface area is 189 Å². The van der Waals surface area contributed by atoms with Gasteiger partial charge in [-0.1, -0.05) is 25.3 Å². The van der Waals surface area contributed by atoms with Crippen molar-refractivity contribution < 1.29 is 4.74 Å². The summed E-state index contributed by atoms with van der Waals surface area (Å²) in [6, 6.07) is 19.2. The molecule has 1 N–H and O–H groups in total. The summed E-state index contributed by atoms with van der Waals surface area (Å²) >= 11 is 5.90. The van der Waals surface area contributed by atoms with Crippen LogP contribution in [0.1, 0.15) is 55.6 Å². The quantitative estimate of drug-likeness (QED) is 0.562. The van der Waals surface area contributed by atoms with Gasteiger partial charge in [0.2, 0.25) is 0 Å². The molecule has 2 aliphatic rings. The van der Waals surface area contributed by atoms with E-state index >= 15 is 0 Å². The normalized spacial score (nSPS) is 21.8. The molecule has 2 aromatic heterocycles. The van der Waals surface area contributed by atoms with E-state index in [1.165, 1.54) is 37.8 Å². The van der Waals surface area contributed by atoms with E-state index in [1.807, 2.05) is 24.4 Å². The zero-order valence-electron chi connectivity index (χ0n) is 17.8. The van der Waals surface area contributed by atoms with Crippen LogP contribution in [0.15, 0.2) is 67.0 Å². The molecule has 0 spiro atoms. The Morgan fingerprint density at radius 1 is 1.00 bits per heavy atom. The molecule has 1 aromatic carbocycles. The highest BCUT2D eigenvalue weighted by Crippen LogP contribution is 2.43. The topological polar surface area (TPSA) is 42.3 Å². The van der Waals surface area contributed by atoms with Gasteiger partial charge in [-0.3, -0.25) is 4.98 Å². The van der Waals surface area contributed by atoms with E-state index in [-0.39, 0.29) is 12.1 Å². The average molecular weight is 433 g/mol. The third-order valence-electron chi connectivity index (χ3n) is 6.54. The molecule has 31 heavy (non-hydrogen) atoms. The number of methoxy groups -OCH3 is 1. The van der Waals surface area contributed by atoms with Gasteiger partial charge in [-0.2, -0.15) is 0 Å². The Morgan fingerprint density at radius 2 is 1.81 bits per heavy atom. The highest BCUT2D eigenvalue weighted by molar-refractivity contribution is 7.80. The molecule has 2 atom stereocenters. The Hall–Kier alpha value is -2.86. The molecule has 3 aromatic rings. The number of rotatable bonds is 5. The van der Waals surface area contributed by atoms with Crippen molar-refractivity contribution in [2.24, 2.45) is 0 Å². The van der Waals surface area contributed by atoms with Gasteiger partial charge in [-0.05, 0) is 73.6 Å². The predicted octanol–water partition coefficient (Wildman–Crippen LogP) is 5.19. The van der Waals surface area contributed by atoms with E-state index < -0.39 is 0 Å². The molecule has 1 saturated carbocycles. The Balaban J connectivity index is 1.58. The van der Waals surface area contributed by atoms with Crippen molar-refractivity contribution in [3.05, 3.63) is 78.4 Å². The molecule has 3 heterocycles. The predicted molar refractivity (Wildman–Crippen MR) is 126 cm³/mol. The van der Waals surface area contributed by atoms with Crippen LogP contribution in [-0.4, -0.2) is 32.7 Å². The summed E-state index contributed by atoms with van der Waals surface area (Å²) in [4.78, 5) is 7.15. The van der Waals surface area contributed by atoms with Crippen LogP contribution in [0.25, 0.3) is 5.69 Å². The molecule has 6 heteroatoms. The van der Waals surface area contributed by atoms with Crippen molar-refractivity contribution >= 4 is 17.3 Å². The standard InChI is InChI=1S/C25H28N4OS/c1-30-20-14-12-18(13-15-20)28-17-7-11-22(28)24-23(21-10-5-6-16-26-21)27-25(31)29(24)19-8-3-2-4-9-19/h5-7,10-17,19,23-24H,2-4,8-9H2,1H3,(H,27,31)/t23-,24-/m1/s1. The summed E-state index contributed by atoms with van der Waals surface area (Å²) in [5, 5.41) is 4.46. The summed E-state index contributed by atoms with van der Waals surface area (Å²) in [7, 11) is 1.70. The highest BCUT2D eigenvalue weighted by atomic mass is 32.1. The monoisotopic (exact) mass is 432 g/mol. The zero-order chi connectivity index (χ0) is 21.2. The third-order valence-corrected chi connectivity index (χ3v) is 6.87. The van der Waals surface area contributed by atoms with Crippen molar-refractivity contribution in [1.82, 2.24) is 19.8 Å². The molecule has 1 aliphatic carbocycles. The van der Waals surface area contributed by atoms with Crippen molar-refractivity contribution in [3.63, 3.8) is 0 Å². The fourth-order valence-electron chi connectivity index (χ4n) is 5.05. The molecule has 0 amide bonds. The van der Waals surface area contributed by atoms with E-state index in [0.29, 0.717) is 6.04 Å². The van der Waals surface area contributed by atoms with Gasteiger partial charge in [0.05, 0.1) is 24.9 Å². The van der Waals surface area contributed by atoms with Crippen molar-refractivity contribution in [2.45, 2.75) is 50.2 Å². The van der Waals surface area contributed by atoms with Crippen molar-refractivity contribution in [1.29, 1.82) is 0 Å². The van der Waals surface area contributed by atoms with Crippen LogP contribution < -0.4 is 10.1 Å². The second-order valence-electron chi connectivity index (χ2n) is 8.33. The summed E-state index contributed by atoms with van der Waals surface area (Å²) in [5.41, 5.74) is 3.36. The molecule has 160 valence electrons. The van der Waals surface area contributed by atoms with Crippen LogP contribution in [0.5, 0.6) is 5.75 Å². The molecule has 1 aliphatic heterocycles. The van der Waals surface area contributed by atoms with Gasteiger partial charge >= 0.3 is 0 Å². The maximum atomic E-state index is 5.90. The lowest BCUT2D eigenvalue weighted by Crippen LogP contribution is -2.40. The first-order valence-corrected chi connectivity index (χ1v) is 11.5. The first-order chi connectivity index (χ1) is 15.3. The van der Waals surface area contributed by atoms with Gasteiger partial charge in [-0.25, -0.2) is 0 Å². The number of hydrogen-bond acceptors (Lipinski definition) is 3. The number of thiocarbonyl (C=S) groups is 1. The van der Waals surface area contributed by atoms with E-state index in [4.69, 9.17) is 17.0 Å². The van der Waals surface area contributed by atoms with E-state index in [1.54, 1.807) is 7.11 Å². The fraction of sp³-hybridized carbons (Fsp3) is 0.360. The maximum absolute atomic E-state index is 5.90. The number of hydrogen-bond donors (Lipinski definition) is 1. The minimum Gasteiger partial charge on any atom is -0.497 e. The van der Waals surface area contributed by atoms with Crippen molar-refractivity contribution in [2.75, 3.05) is 7.11 Å². The van der Waals surface area contributed by atoms with Crippen LogP contribution in [0, 0.1) is 0 Å². The van der Waals surface area contributed by atoms with E-state index in [9.17, 15) is 0 Å². The van der Waals surface area contributed by atoms with Gasteiger partial charge < -0.3 is 19.5 Å². The lowest BCUT2D eigenvalue weighted by atomic mass is 9.92. The summed E-state index contributed by atoms with van der Waals surface area (Å²) < 4.78 is 7.62. The van der Waals surface area contributed by atoms with Crippen LogP contribution in [-0.2, 0) is 0 Å². The Kier molecular flexibility index (Phi) is 5.64. The molecule has 5 nitrogen and oxygen atoms in total. The van der Waals surface area contributed by atoms with Gasteiger partial charge in [0.25, 0.3) is 0 Å². The Bertz CT molecular complexity index is 1030. The lowest BCUT2D eigenvalue weighted by molar-refractivity contribution is 0.193. The molecular formula is C25H28N4OS. The minimum absolute atomic E-state index is 0.0162. The first kappa shape index (κ1) is 20.1. The average Bonchev–Trinajstić information content (AvgIpc) is 3.44. The first-order valence-electron chi connectivity index (χ1n) is 11.1. The summed E-state index contributed by atoms with van der Waals surface area (Å²) in [6.07, 6.45) is 10.2. The van der Waals surface area contributed by atoms with Crippen LogP contribution in [0.3, 0.4) is 0 Å². The second-order valence-corrected chi connectivity index (χ2v) is 8.71.